The van der Waals surface area contributed by atoms with Gasteiger partial charge in [-0.1, -0.05) is 0 Å². The van der Waals surface area contributed by atoms with Crippen molar-refractivity contribution in [3.63, 3.8) is 0 Å². The summed E-state index contributed by atoms with van der Waals surface area (Å²) in [6.07, 6.45) is 4.74. The van der Waals surface area contributed by atoms with E-state index in [-0.39, 0.29) is 142 Å². The van der Waals surface area contributed by atoms with Gasteiger partial charge < -0.3 is 39.6 Å². The van der Waals surface area contributed by atoms with Gasteiger partial charge in [0.25, 0.3) is 0 Å². The van der Waals surface area contributed by atoms with Gasteiger partial charge in [0.1, 0.15) is 0 Å². The zero-order valence-electron chi connectivity index (χ0n) is 18.1. The molecule has 4 bridgehead atoms. The first kappa shape index (κ1) is 34.0. The summed E-state index contributed by atoms with van der Waals surface area (Å²) >= 11 is 0. The Morgan fingerprint density at radius 3 is 0.733 bits per heavy atom. The Bertz CT molecular complexity index is 540. The maximum atomic E-state index is 10.7. The van der Waals surface area contributed by atoms with Crippen molar-refractivity contribution in [2.75, 3.05) is 0 Å². The van der Waals surface area contributed by atoms with Crippen LogP contribution in [0.15, 0.2) is 0 Å². The van der Waals surface area contributed by atoms with Crippen LogP contribution in [0.2, 0.25) is 0 Å². The summed E-state index contributed by atoms with van der Waals surface area (Å²) < 4.78 is 0. The van der Waals surface area contributed by atoms with Gasteiger partial charge in [0, 0.05) is 47.5 Å². The van der Waals surface area contributed by atoms with Crippen LogP contribution >= 0.6 is 0 Å². The number of fused-ring (bicyclic) bond motifs is 4. The smallest absolute Gasteiger partial charge is 0.550 e. The molecule has 0 aromatic heterocycles. The third kappa shape index (κ3) is 6.95. The number of aliphatic carboxylic acids is 4. The van der Waals surface area contributed by atoms with Crippen LogP contribution in [0.5, 0.6) is 0 Å². The van der Waals surface area contributed by atoms with Gasteiger partial charge in [0.05, 0.1) is 0 Å². The fourth-order valence-electron chi connectivity index (χ4n) is 5.94. The molecular weight excluding hydrogens is 436 g/mol. The van der Waals surface area contributed by atoms with Crippen molar-refractivity contribution in [2.45, 2.75) is 38.5 Å². The van der Waals surface area contributed by atoms with Crippen LogP contribution in [0.25, 0.3) is 0 Å². The molecule has 0 aliphatic heterocycles. The Morgan fingerprint density at radius 1 is 0.433 bits per heavy atom. The normalized spacial score (nSPS) is 36.5. The largest absolute Gasteiger partial charge is 1.00 e. The first-order chi connectivity index (χ1) is 12.2. The predicted molar refractivity (Wildman–Crippen MR) is 75.7 cm³/mol. The summed E-state index contributed by atoms with van der Waals surface area (Å²) in [5.41, 5.74) is 0. The van der Waals surface area contributed by atoms with Crippen molar-refractivity contribution >= 4 is 23.9 Å². The molecule has 30 heavy (non-hydrogen) atoms. The standard InChI is InChI=1S/2C9H12O4.4Na/c2*10-8(11)6-4-1-2-5(3-4)7(6)9(12)13;;;;/h2*4-7H,1-3H2,(H,10,11)(H,12,13);;;;/q;;4*+1/p-4/t2*4-,5+,6-,7+;;;;. The van der Waals surface area contributed by atoms with Crippen LogP contribution in [-0.4, -0.2) is 23.9 Å². The fraction of sp³-hybridized carbons (Fsp3) is 0.778. The molecule has 4 aliphatic carbocycles. The molecule has 4 rings (SSSR count). The summed E-state index contributed by atoms with van der Waals surface area (Å²) in [7, 11) is 0. The topological polar surface area (TPSA) is 161 Å². The summed E-state index contributed by atoms with van der Waals surface area (Å²) in [5.74, 6) is -8.04. The Hall–Kier alpha value is 1.88. The maximum Gasteiger partial charge on any atom is 1.00 e. The second-order valence-electron chi connectivity index (χ2n) is 8.05. The summed E-state index contributed by atoms with van der Waals surface area (Å²) in [5, 5.41) is 42.8. The Kier molecular flexibility index (Phi) is 16.3. The first-order valence-electron chi connectivity index (χ1n) is 9.05. The van der Waals surface area contributed by atoms with Gasteiger partial charge in [0.15, 0.2) is 0 Å². The van der Waals surface area contributed by atoms with E-state index in [0.29, 0.717) is 0 Å². The molecule has 0 saturated heterocycles. The van der Waals surface area contributed by atoms with Gasteiger partial charge >= 0.3 is 118 Å². The first-order valence-corrected chi connectivity index (χ1v) is 9.05. The number of hydrogen-bond acceptors (Lipinski definition) is 8. The van der Waals surface area contributed by atoms with E-state index in [1.165, 1.54) is 0 Å². The number of rotatable bonds is 4. The second-order valence-corrected chi connectivity index (χ2v) is 8.05. The van der Waals surface area contributed by atoms with Crippen LogP contribution in [0.3, 0.4) is 0 Å². The number of hydrogen-bond donors (Lipinski definition) is 0. The maximum absolute atomic E-state index is 10.7. The van der Waals surface area contributed by atoms with E-state index in [2.05, 4.69) is 0 Å². The summed E-state index contributed by atoms with van der Waals surface area (Å²) in [4.78, 5) is 42.8. The number of carboxylic acid groups (broad SMARTS) is 4. The molecule has 4 aliphatic rings. The molecule has 0 radical (unpaired) electrons. The minimum Gasteiger partial charge on any atom is -0.550 e. The van der Waals surface area contributed by atoms with Crippen molar-refractivity contribution in [3.05, 3.63) is 0 Å². The molecule has 0 aromatic carbocycles. The van der Waals surface area contributed by atoms with E-state index in [1.54, 1.807) is 0 Å². The van der Waals surface area contributed by atoms with Gasteiger partial charge in [0.2, 0.25) is 0 Å². The average molecular weight is 456 g/mol. The van der Waals surface area contributed by atoms with Gasteiger partial charge in [-0.05, 0) is 62.2 Å². The van der Waals surface area contributed by atoms with Crippen molar-refractivity contribution in [1.82, 2.24) is 0 Å². The molecule has 0 amide bonds. The molecule has 144 valence electrons. The third-order valence-corrected chi connectivity index (χ3v) is 6.92. The van der Waals surface area contributed by atoms with E-state index >= 15 is 0 Å². The van der Waals surface area contributed by atoms with E-state index < -0.39 is 47.5 Å². The quantitative estimate of drug-likeness (QED) is 0.377. The van der Waals surface area contributed by atoms with Crippen LogP contribution in [0.4, 0.5) is 0 Å². The molecule has 0 aromatic rings. The molecule has 0 heterocycles. The van der Waals surface area contributed by atoms with E-state index in [4.69, 9.17) is 0 Å². The number of carbonyl (C=O) groups excluding carboxylic acids is 4. The SMILES string of the molecule is O=C([O-])[C@@H]1[C@@H]2CC[C@@H](C2)[C@@H]1C(=O)[O-].O=C([O-])[C@@H]1[C@@H]2CC[C@@H](C2)[C@@H]1C(=O)[O-].[Na+].[Na+].[Na+].[Na+]. The summed E-state index contributed by atoms with van der Waals surface area (Å²) in [6.45, 7) is 0. The molecule has 0 spiro atoms. The summed E-state index contributed by atoms with van der Waals surface area (Å²) in [6, 6.07) is 0. The van der Waals surface area contributed by atoms with Crippen LogP contribution < -0.4 is 139 Å². The molecule has 0 N–H and O–H groups in total. The molecule has 0 unspecified atom stereocenters. The number of carboxylic acids is 4. The fourth-order valence-corrected chi connectivity index (χ4v) is 5.94. The van der Waals surface area contributed by atoms with Crippen molar-refractivity contribution in [2.24, 2.45) is 47.3 Å². The Labute approximate surface area is 263 Å². The van der Waals surface area contributed by atoms with Crippen molar-refractivity contribution in [1.29, 1.82) is 0 Å². The Balaban J connectivity index is 0. The van der Waals surface area contributed by atoms with Gasteiger partial charge in [-0.15, -0.1) is 0 Å². The molecule has 4 fully saturated rings. The predicted octanol–water partition coefficient (Wildman–Crippen LogP) is -15.7. The van der Waals surface area contributed by atoms with E-state index in [1.807, 2.05) is 0 Å². The van der Waals surface area contributed by atoms with E-state index in [9.17, 15) is 39.6 Å². The number of carbonyl (C=O) groups is 4. The van der Waals surface area contributed by atoms with Crippen molar-refractivity contribution in [3.8, 4) is 0 Å². The third-order valence-electron chi connectivity index (χ3n) is 6.92. The van der Waals surface area contributed by atoms with Crippen LogP contribution in [-0.2, 0) is 19.2 Å². The molecule has 12 heteroatoms. The van der Waals surface area contributed by atoms with Gasteiger partial charge in [-0.2, -0.15) is 0 Å². The monoisotopic (exact) mass is 456 g/mol. The zero-order valence-corrected chi connectivity index (χ0v) is 26.1. The van der Waals surface area contributed by atoms with Crippen LogP contribution in [0, 0.1) is 47.3 Å². The average Bonchev–Trinajstić information content (AvgIpc) is 3.32. The second kappa shape index (κ2) is 14.3. The molecular formula is C18H20Na4O8. The minimum absolute atomic E-state index is 0. The molecule has 8 atom stereocenters. The minimum atomic E-state index is -1.22. The zero-order chi connectivity index (χ0) is 19.2. The molecule has 8 nitrogen and oxygen atoms in total. The van der Waals surface area contributed by atoms with Gasteiger partial charge in [-0.25, -0.2) is 0 Å². The van der Waals surface area contributed by atoms with E-state index in [0.717, 1.165) is 38.5 Å². The van der Waals surface area contributed by atoms with Crippen molar-refractivity contribution < 1.29 is 158 Å². The van der Waals surface area contributed by atoms with Crippen LogP contribution in [0.1, 0.15) is 38.5 Å². The molecule has 4 saturated carbocycles. The Morgan fingerprint density at radius 2 is 0.600 bits per heavy atom. The van der Waals surface area contributed by atoms with Gasteiger partial charge in [-0.3, -0.25) is 0 Å².